The van der Waals surface area contributed by atoms with Crippen molar-refractivity contribution in [1.82, 2.24) is 9.78 Å². The van der Waals surface area contributed by atoms with Gasteiger partial charge in [0.25, 0.3) is 11.6 Å². The summed E-state index contributed by atoms with van der Waals surface area (Å²) in [6.45, 7) is 5.08. The number of aryl methyl sites for hydroxylation is 3. The van der Waals surface area contributed by atoms with Crippen LogP contribution in [0.1, 0.15) is 27.3 Å². The van der Waals surface area contributed by atoms with Crippen LogP contribution in [0.25, 0.3) is 6.08 Å². The van der Waals surface area contributed by atoms with Crippen molar-refractivity contribution in [2.45, 2.75) is 20.8 Å². The van der Waals surface area contributed by atoms with Gasteiger partial charge in [-0.2, -0.15) is 10.4 Å². The second kappa shape index (κ2) is 6.23. The van der Waals surface area contributed by atoms with Crippen LogP contribution in [0.15, 0.2) is 29.8 Å². The van der Waals surface area contributed by atoms with Crippen molar-refractivity contribution < 1.29 is 9.72 Å². The van der Waals surface area contributed by atoms with Gasteiger partial charge in [-0.05, 0) is 38.5 Å². The van der Waals surface area contributed by atoms with Crippen LogP contribution >= 0.6 is 0 Å². The molecule has 0 atom stereocenters. The maximum absolute atomic E-state index is 12.4. The van der Waals surface area contributed by atoms with E-state index >= 15 is 0 Å². The maximum Gasteiger partial charge on any atom is 0.289 e. The molecule has 116 valence electrons. The fourth-order valence-corrected chi connectivity index (χ4v) is 2.17. The molecule has 2 rings (SSSR count). The number of benzene rings is 1. The molecular formula is C16H14N4O3. The van der Waals surface area contributed by atoms with E-state index in [1.165, 1.54) is 12.1 Å². The predicted molar refractivity (Wildman–Crippen MR) is 83.8 cm³/mol. The third-order valence-corrected chi connectivity index (χ3v) is 3.29. The second-order valence-electron chi connectivity index (χ2n) is 5.12. The molecule has 0 unspecified atom stereocenters. The summed E-state index contributed by atoms with van der Waals surface area (Å²) in [4.78, 5) is 22.8. The smallest absolute Gasteiger partial charge is 0.266 e. The van der Waals surface area contributed by atoms with Gasteiger partial charge in [0.2, 0.25) is 0 Å². The molecule has 0 saturated heterocycles. The summed E-state index contributed by atoms with van der Waals surface area (Å²) in [5.74, 6) is -0.568. The summed E-state index contributed by atoms with van der Waals surface area (Å²) in [6.07, 6.45) is 1.32. The van der Waals surface area contributed by atoms with Gasteiger partial charge in [0.05, 0.1) is 10.6 Å². The maximum atomic E-state index is 12.4. The highest BCUT2D eigenvalue weighted by Crippen LogP contribution is 2.21. The molecule has 0 N–H and O–H groups in total. The van der Waals surface area contributed by atoms with Crippen molar-refractivity contribution in [2.24, 2.45) is 0 Å². The fraction of sp³-hybridized carbons (Fsp3) is 0.188. The monoisotopic (exact) mass is 310 g/mol. The van der Waals surface area contributed by atoms with E-state index in [-0.39, 0.29) is 11.3 Å². The quantitative estimate of drug-likeness (QED) is 0.375. The molecule has 1 aromatic heterocycles. The Morgan fingerprint density at radius 2 is 2.04 bits per heavy atom. The molecule has 0 saturated carbocycles. The molecule has 7 nitrogen and oxygen atoms in total. The average molecular weight is 310 g/mol. The van der Waals surface area contributed by atoms with Gasteiger partial charge in [-0.25, -0.2) is 4.68 Å². The molecule has 23 heavy (non-hydrogen) atoms. The molecule has 0 aliphatic rings. The lowest BCUT2D eigenvalue weighted by Crippen LogP contribution is -2.15. The number of hydrogen-bond acceptors (Lipinski definition) is 5. The highest BCUT2D eigenvalue weighted by molar-refractivity contribution is 6.03. The molecule has 0 amide bonds. The number of hydrogen-bond donors (Lipinski definition) is 0. The predicted octanol–water partition coefficient (Wildman–Crippen LogP) is 2.96. The summed E-state index contributed by atoms with van der Waals surface area (Å²) in [6, 6.07) is 8.09. The first-order valence-corrected chi connectivity index (χ1v) is 6.78. The lowest BCUT2D eigenvalue weighted by atomic mass is 10.1. The summed E-state index contributed by atoms with van der Waals surface area (Å²) in [5.41, 5.74) is 2.00. The number of nitrogens with zero attached hydrogens (tertiary/aromatic N) is 4. The molecule has 0 fully saturated rings. The first-order valence-electron chi connectivity index (χ1n) is 6.78. The van der Waals surface area contributed by atoms with E-state index in [1.54, 1.807) is 39.0 Å². The first kappa shape index (κ1) is 16.1. The number of carbonyl (C=O) groups excluding carboxylic acids is 1. The summed E-state index contributed by atoms with van der Waals surface area (Å²) in [7, 11) is 0. The summed E-state index contributed by atoms with van der Waals surface area (Å²) >= 11 is 0. The van der Waals surface area contributed by atoms with E-state index in [2.05, 4.69) is 5.10 Å². The lowest BCUT2D eigenvalue weighted by molar-refractivity contribution is -0.385. The molecule has 0 aliphatic heterocycles. The van der Waals surface area contributed by atoms with Crippen LogP contribution in [0.4, 0.5) is 5.69 Å². The van der Waals surface area contributed by atoms with Crippen LogP contribution in [0.5, 0.6) is 0 Å². The zero-order valence-corrected chi connectivity index (χ0v) is 12.9. The van der Waals surface area contributed by atoms with Gasteiger partial charge in [-0.3, -0.25) is 14.9 Å². The van der Waals surface area contributed by atoms with Crippen LogP contribution in [0.2, 0.25) is 0 Å². The SMILES string of the molecule is Cc1cc(C)n(C(=O)/C(C#N)=C/c2ccc(C)c([N+](=O)[O-])c2)n1. The Bertz CT molecular complexity index is 872. The van der Waals surface area contributed by atoms with Crippen LogP contribution < -0.4 is 0 Å². The number of rotatable bonds is 3. The van der Waals surface area contributed by atoms with Gasteiger partial charge in [-0.15, -0.1) is 0 Å². The van der Waals surface area contributed by atoms with Crippen molar-refractivity contribution >= 4 is 17.7 Å². The van der Waals surface area contributed by atoms with E-state index in [9.17, 15) is 20.2 Å². The molecule has 1 aromatic carbocycles. The number of carbonyl (C=O) groups is 1. The molecule has 0 radical (unpaired) electrons. The topological polar surface area (TPSA) is 102 Å². The van der Waals surface area contributed by atoms with E-state index < -0.39 is 10.8 Å². The Hall–Kier alpha value is -3.27. The minimum atomic E-state index is -0.568. The Morgan fingerprint density at radius 3 is 2.57 bits per heavy atom. The molecular weight excluding hydrogens is 296 g/mol. The standard InChI is InChI=1S/C16H14N4O3/c1-10-4-5-13(8-15(10)20(22)23)7-14(9-17)16(21)19-12(3)6-11(2)18-19/h4-8H,1-3H3/b14-7+. The van der Waals surface area contributed by atoms with E-state index in [0.717, 1.165) is 4.68 Å². The van der Waals surface area contributed by atoms with E-state index in [1.807, 2.05) is 6.07 Å². The number of aromatic nitrogens is 2. The zero-order chi connectivity index (χ0) is 17.1. The van der Waals surface area contributed by atoms with Crippen molar-refractivity contribution in [2.75, 3.05) is 0 Å². The normalized spacial score (nSPS) is 11.1. The van der Waals surface area contributed by atoms with Crippen molar-refractivity contribution in [3.63, 3.8) is 0 Å². The summed E-state index contributed by atoms with van der Waals surface area (Å²) < 4.78 is 1.15. The van der Waals surface area contributed by atoms with Gasteiger partial charge >= 0.3 is 0 Å². The largest absolute Gasteiger partial charge is 0.289 e. The molecule has 0 spiro atoms. The second-order valence-corrected chi connectivity index (χ2v) is 5.12. The van der Waals surface area contributed by atoms with Gasteiger partial charge in [0.1, 0.15) is 11.6 Å². The number of nitro benzene ring substituents is 1. The highest BCUT2D eigenvalue weighted by Gasteiger charge is 2.16. The zero-order valence-electron chi connectivity index (χ0n) is 12.9. The van der Waals surface area contributed by atoms with Gasteiger partial charge < -0.3 is 0 Å². The molecule has 1 heterocycles. The van der Waals surface area contributed by atoms with Gasteiger partial charge in [-0.1, -0.05) is 12.1 Å². The third kappa shape index (κ3) is 3.32. The number of nitriles is 1. The minimum absolute atomic E-state index is 0.0606. The van der Waals surface area contributed by atoms with E-state index in [4.69, 9.17) is 0 Å². The van der Waals surface area contributed by atoms with Crippen molar-refractivity contribution in [3.8, 4) is 6.07 Å². The van der Waals surface area contributed by atoms with Gasteiger partial charge in [0, 0.05) is 17.3 Å². The first-order chi connectivity index (χ1) is 10.8. The molecule has 0 bridgehead atoms. The van der Waals surface area contributed by atoms with E-state index in [0.29, 0.717) is 22.5 Å². The van der Waals surface area contributed by atoms with Gasteiger partial charge in [0.15, 0.2) is 0 Å². The van der Waals surface area contributed by atoms with Crippen molar-refractivity contribution in [3.05, 3.63) is 62.5 Å². The Kier molecular flexibility index (Phi) is 4.37. The van der Waals surface area contributed by atoms with Crippen LogP contribution in [-0.2, 0) is 0 Å². The fourth-order valence-electron chi connectivity index (χ4n) is 2.17. The highest BCUT2D eigenvalue weighted by atomic mass is 16.6. The Morgan fingerprint density at radius 1 is 1.35 bits per heavy atom. The summed E-state index contributed by atoms with van der Waals surface area (Å²) in [5, 5.41) is 24.3. The number of allylic oxidation sites excluding steroid dienone is 1. The minimum Gasteiger partial charge on any atom is -0.266 e. The Balaban J connectivity index is 2.45. The van der Waals surface area contributed by atoms with Crippen LogP contribution in [0.3, 0.4) is 0 Å². The Labute approximate surface area is 132 Å². The molecule has 7 heteroatoms. The average Bonchev–Trinajstić information content (AvgIpc) is 2.84. The van der Waals surface area contributed by atoms with Crippen molar-refractivity contribution in [1.29, 1.82) is 5.26 Å². The van der Waals surface area contributed by atoms with Crippen LogP contribution in [-0.4, -0.2) is 20.6 Å². The molecule has 0 aliphatic carbocycles. The van der Waals surface area contributed by atoms with Crippen LogP contribution in [0, 0.1) is 42.2 Å². The third-order valence-electron chi connectivity index (χ3n) is 3.29. The number of nitro groups is 1. The molecule has 2 aromatic rings. The lowest BCUT2D eigenvalue weighted by Gasteiger charge is -2.03.